The molecule has 2 aromatic heterocycles. The van der Waals surface area contributed by atoms with Crippen LogP contribution in [0.3, 0.4) is 0 Å². The molecule has 2 heterocycles. The van der Waals surface area contributed by atoms with E-state index >= 15 is 0 Å². The first-order valence-corrected chi connectivity index (χ1v) is 10.3. The van der Waals surface area contributed by atoms with E-state index in [2.05, 4.69) is 4.74 Å². The van der Waals surface area contributed by atoms with Crippen LogP contribution in [0.15, 0.2) is 12.1 Å². The molecule has 0 radical (unpaired) electrons. The predicted octanol–water partition coefficient (Wildman–Crippen LogP) is 3.65. The average Bonchev–Trinajstić information content (AvgIpc) is 3.34. The Morgan fingerprint density at radius 2 is 1.96 bits per heavy atom. The number of nitrogens with zero attached hydrogens (tertiary/aromatic N) is 1. The zero-order valence-electron chi connectivity index (χ0n) is 16.5. The molecule has 7 heteroatoms. The zero-order valence-corrected chi connectivity index (χ0v) is 17.3. The molecule has 0 N–H and O–H groups in total. The molecule has 0 spiro atoms. The summed E-state index contributed by atoms with van der Waals surface area (Å²) < 4.78 is 11.9. The average molecular weight is 404 g/mol. The van der Waals surface area contributed by atoms with E-state index in [4.69, 9.17) is 4.74 Å². The lowest BCUT2D eigenvalue weighted by atomic mass is 10.1. The van der Waals surface area contributed by atoms with Gasteiger partial charge in [-0.2, -0.15) is 0 Å². The van der Waals surface area contributed by atoms with Gasteiger partial charge in [0.05, 0.1) is 7.11 Å². The Kier molecular flexibility index (Phi) is 6.34. The van der Waals surface area contributed by atoms with Crippen LogP contribution in [0.25, 0.3) is 0 Å². The highest BCUT2D eigenvalue weighted by atomic mass is 32.1. The van der Waals surface area contributed by atoms with Crippen LogP contribution in [-0.2, 0) is 33.7 Å². The Hall–Kier alpha value is -2.41. The Morgan fingerprint density at radius 3 is 2.68 bits per heavy atom. The number of fused-ring (bicyclic) bond motifs is 1. The van der Waals surface area contributed by atoms with E-state index in [0.29, 0.717) is 29.8 Å². The molecular formula is C21H25NO5S. The summed E-state index contributed by atoms with van der Waals surface area (Å²) in [5, 5.41) is 0. The molecule has 1 aliphatic rings. The van der Waals surface area contributed by atoms with Gasteiger partial charge < -0.3 is 14.0 Å². The van der Waals surface area contributed by atoms with Crippen LogP contribution in [0.2, 0.25) is 0 Å². The number of carbonyl (C=O) groups is 3. The lowest BCUT2D eigenvalue weighted by Crippen LogP contribution is -2.14. The van der Waals surface area contributed by atoms with Gasteiger partial charge in [0.15, 0.2) is 6.61 Å². The zero-order chi connectivity index (χ0) is 20.3. The Balaban J connectivity index is 1.58. The summed E-state index contributed by atoms with van der Waals surface area (Å²) in [6, 6.07) is 3.70. The Labute approximate surface area is 168 Å². The number of methoxy groups -OCH3 is 1. The largest absolute Gasteiger partial charge is 0.469 e. The van der Waals surface area contributed by atoms with Crippen LogP contribution in [-0.4, -0.2) is 36.0 Å². The predicted molar refractivity (Wildman–Crippen MR) is 106 cm³/mol. The number of aryl methyl sites for hydroxylation is 3. The van der Waals surface area contributed by atoms with E-state index in [0.717, 1.165) is 30.7 Å². The summed E-state index contributed by atoms with van der Waals surface area (Å²) in [4.78, 5) is 37.9. The van der Waals surface area contributed by atoms with E-state index in [1.54, 1.807) is 0 Å². The molecule has 0 unspecified atom stereocenters. The molecule has 28 heavy (non-hydrogen) atoms. The van der Waals surface area contributed by atoms with Crippen molar-refractivity contribution in [1.29, 1.82) is 0 Å². The molecule has 0 fully saturated rings. The van der Waals surface area contributed by atoms with E-state index in [9.17, 15) is 14.4 Å². The van der Waals surface area contributed by atoms with Gasteiger partial charge in [0.1, 0.15) is 4.88 Å². The van der Waals surface area contributed by atoms with Crippen LogP contribution in [0.5, 0.6) is 0 Å². The van der Waals surface area contributed by atoms with Gasteiger partial charge in [-0.1, -0.05) is 0 Å². The number of rotatable bonds is 8. The minimum absolute atomic E-state index is 0.218. The first-order chi connectivity index (χ1) is 13.4. The highest BCUT2D eigenvalue weighted by Gasteiger charge is 2.21. The summed E-state index contributed by atoms with van der Waals surface area (Å²) >= 11 is 1.47. The molecule has 0 aliphatic heterocycles. The normalized spacial score (nSPS) is 12.7. The van der Waals surface area contributed by atoms with Crippen LogP contribution in [0.4, 0.5) is 0 Å². The fourth-order valence-electron chi connectivity index (χ4n) is 3.62. The van der Waals surface area contributed by atoms with Crippen LogP contribution in [0, 0.1) is 13.8 Å². The number of ketones is 1. The molecule has 0 aromatic carbocycles. The van der Waals surface area contributed by atoms with Gasteiger partial charge >= 0.3 is 11.9 Å². The number of ether oxygens (including phenoxy) is 2. The number of hydrogen-bond donors (Lipinski definition) is 0. The monoisotopic (exact) mass is 403 g/mol. The second-order valence-electron chi connectivity index (χ2n) is 7.03. The molecule has 0 bridgehead atoms. The number of carbonyl (C=O) groups excluding carboxylic acids is 3. The minimum atomic E-state index is -0.431. The highest BCUT2D eigenvalue weighted by Crippen LogP contribution is 2.31. The Bertz CT molecular complexity index is 887. The maximum Gasteiger partial charge on any atom is 0.348 e. The Morgan fingerprint density at radius 1 is 1.18 bits per heavy atom. The lowest BCUT2D eigenvalue weighted by molar-refractivity contribution is -0.140. The standard InChI is InChI=1S/C21H25NO5S/c1-13-10-16(14(2)22(13)9-5-8-20(24)26-3)17(23)12-27-21(25)19-11-15-6-4-7-18(15)28-19/h10-11H,4-9,12H2,1-3H3. The van der Waals surface area contributed by atoms with E-state index in [-0.39, 0.29) is 18.4 Å². The van der Waals surface area contributed by atoms with Crippen molar-refractivity contribution in [2.24, 2.45) is 0 Å². The van der Waals surface area contributed by atoms with Gasteiger partial charge in [-0.05, 0) is 57.2 Å². The molecule has 1 aliphatic carbocycles. The quantitative estimate of drug-likeness (QED) is 0.497. The van der Waals surface area contributed by atoms with Gasteiger partial charge in [-0.3, -0.25) is 9.59 Å². The van der Waals surface area contributed by atoms with Crippen molar-refractivity contribution in [3.8, 4) is 0 Å². The van der Waals surface area contributed by atoms with Crippen LogP contribution in [0.1, 0.15) is 61.1 Å². The smallest absolute Gasteiger partial charge is 0.348 e. The molecular weight excluding hydrogens is 378 g/mol. The first kappa shape index (κ1) is 20.3. The highest BCUT2D eigenvalue weighted by molar-refractivity contribution is 7.14. The van der Waals surface area contributed by atoms with Gasteiger partial charge in [0.2, 0.25) is 5.78 Å². The van der Waals surface area contributed by atoms with Crippen LogP contribution < -0.4 is 0 Å². The third kappa shape index (κ3) is 4.35. The summed E-state index contributed by atoms with van der Waals surface area (Å²) in [7, 11) is 1.37. The second-order valence-corrected chi connectivity index (χ2v) is 8.16. The molecule has 3 rings (SSSR count). The fourth-order valence-corrected chi connectivity index (χ4v) is 4.77. The molecule has 0 atom stereocenters. The van der Waals surface area contributed by atoms with Gasteiger partial charge in [0.25, 0.3) is 0 Å². The van der Waals surface area contributed by atoms with Crippen molar-refractivity contribution in [1.82, 2.24) is 4.57 Å². The van der Waals surface area contributed by atoms with E-state index < -0.39 is 5.97 Å². The number of hydrogen-bond acceptors (Lipinski definition) is 6. The minimum Gasteiger partial charge on any atom is -0.469 e. The van der Waals surface area contributed by atoms with Gasteiger partial charge in [-0.25, -0.2) is 4.79 Å². The van der Waals surface area contributed by atoms with Crippen molar-refractivity contribution in [2.45, 2.75) is 52.5 Å². The van der Waals surface area contributed by atoms with E-state index in [1.165, 1.54) is 28.9 Å². The number of esters is 2. The van der Waals surface area contributed by atoms with Crippen molar-refractivity contribution in [3.63, 3.8) is 0 Å². The third-order valence-electron chi connectivity index (χ3n) is 5.15. The molecule has 2 aromatic rings. The maximum atomic E-state index is 12.6. The number of Topliss-reactive ketones (excluding diaryl/α,β-unsaturated/α-hetero) is 1. The molecule has 0 amide bonds. The summed E-state index contributed by atoms with van der Waals surface area (Å²) in [6.45, 7) is 4.14. The van der Waals surface area contributed by atoms with E-state index in [1.807, 2.05) is 30.5 Å². The summed E-state index contributed by atoms with van der Waals surface area (Å²) in [6.07, 6.45) is 4.15. The summed E-state index contributed by atoms with van der Waals surface area (Å²) in [5.74, 6) is -0.894. The molecule has 6 nitrogen and oxygen atoms in total. The van der Waals surface area contributed by atoms with Crippen molar-refractivity contribution in [3.05, 3.63) is 44.4 Å². The number of aromatic nitrogens is 1. The molecule has 0 saturated heterocycles. The maximum absolute atomic E-state index is 12.6. The lowest BCUT2D eigenvalue weighted by Gasteiger charge is -2.09. The summed E-state index contributed by atoms with van der Waals surface area (Å²) in [5.41, 5.74) is 3.54. The SMILES string of the molecule is COC(=O)CCCn1c(C)cc(C(=O)COC(=O)c2cc3c(s2)CCC3)c1C. The van der Waals surface area contributed by atoms with Crippen molar-refractivity contribution >= 4 is 29.1 Å². The first-order valence-electron chi connectivity index (χ1n) is 9.46. The van der Waals surface area contributed by atoms with Crippen molar-refractivity contribution in [2.75, 3.05) is 13.7 Å². The molecule has 0 saturated carbocycles. The topological polar surface area (TPSA) is 74.6 Å². The van der Waals surface area contributed by atoms with Gasteiger partial charge in [-0.15, -0.1) is 11.3 Å². The third-order valence-corrected chi connectivity index (χ3v) is 6.36. The second kappa shape index (κ2) is 8.73. The number of thiophene rings is 1. The fraction of sp³-hybridized carbons (Fsp3) is 0.476. The van der Waals surface area contributed by atoms with Crippen molar-refractivity contribution < 1.29 is 23.9 Å². The van der Waals surface area contributed by atoms with Crippen LogP contribution >= 0.6 is 11.3 Å². The van der Waals surface area contributed by atoms with Gasteiger partial charge in [0, 0.05) is 34.8 Å². The molecule has 150 valence electrons.